The van der Waals surface area contributed by atoms with Crippen LogP contribution in [-0.2, 0) is 13.5 Å². The molecule has 1 heterocycles. The highest BCUT2D eigenvalue weighted by molar-refractivity contribution is 9.10. The summed E-state index contributed by atoms with van der Waals surface area (Å²) < 4.78 is 2.58. The molecule has 1 aromatic carbocycles. The molecule has 6 heteroatoms. The Morgan fingerprint density at radius 1 is 1.53 bits per heavy atom. The van der Waals surface area contributed by atoms with E-state index in [0.29, 0.717) is 22.8 Å². The van der Waals surface area contributed by atoms with E-state index in [0.717, 1.165) is 16.6 Å². The largest absolute Gasteiger partial charge is 0.394 e. The lowest BCUT2D eigenvalue weighted by Gasteiger charge is -2.09. The summed E-state index contributed by atoms with van der Waals surface area (Å²) in [4.78, 5) is 0. The number of nitrogens with zero attached hydrogens (tertiary/aromatic N) is 3. The van der Waals surface area contributed by atoms with Gasteiger partial charge in [0.1, 0.15) is 6.07 Å². The van der Waals surface area contributed by atoms with Crippen LogP contribution in [0.5, 0.6) is 0 Å². The number of anilines is 3. The van der Waals surface area contributed by atoms with Crippen LogP contribution in [-0.4, -0.2) is 9.78 Å². The fourth-order valence-corrected chi connectivity index (χ4v) is 2.21. The van der Waals surface area contributed by atoms with Gasteiger partial charge in [-0.05, 0) is 24.6 Å². The summed E-state index contributed by atoms with van der Waals surface area (Å²) in [5, 5.41) is 16.6. The molecule has 0 amide bonds. The Morgan fingerprint density at radius 3 is 2.84 bits per heavy atom. The van der Waals surface area contributed by atoms with E-state index in [1.807, 2.05) is 26.1 Å². The van der Waals surface area contributed by atoms with Crippen molar-refractivity contribution in [3.63, 3.8) is 0 Å². The van der Waals surface area contributed by atoms with E-state index in [2.05, 4.69) is 32.4 Å². The smallest absolute Gasteiger partial charge is 0.152 e. The van der Waals surface area contributed by atoms with Crippen LogP contribution < -0.4 is 11.1 Å². The van der Waals surface area contributed by atoms with Crippen LogP contribution in [0.15, 0.2) is 22.7 Å². The number of benzene rings is 1. The second-order valence-electron chi connectivity index (χ2n) is 4.11. The summed E-state index contributed by atoms with van der Waals surface area (Å²) in [5.41, 5.74) is 8.78. The van der Waals surface area contributed by atoms with E-state index < -0.39 is 0 Å². The third kappa shape index (κ3) is 2.56. The van der Waals surface area contributed by atoms with Gasteiger partial charge in [0, 0.05) is 11.5 Å². The normalized spacial score (nSPS) is 10.2. The summed E-state index contributed by atoms with van der Waals surface area (Å²) in [6, 6.07) is 7.57. The predicted octanol–water partition coefficient (Wildman–Crippen LogP) is 2.94. The zero-order valence-corrected chi connectivity index (χ0v) is 12.3. The molecule has 0 saturated heterocycles. The van der Waals surface area contributed by atoms with Gasteiger partial charge >= 0.3 is 0 Å². The number of nitrogens with one attached hydrogen (secondary N) is 1. The molecule has 1 aromatic heterocycles. The number of aryl methyl sites for hydroxylation is 2. The number of nitriles is 1. The van der Waals surface area contributed by atoms with Crippen molar-refractivity contribution in [2.75, 3.05) is 11.1 Å². The first kappa shape index (κ1) is 13.4. The van der Waals surface area contributed by atoms with Crippen LogP contribution in [0, 0.1) is 11.3 Å². The molecular weight excluding hydrogens is 306 g/mol. The van der Waals surface area contributed by atoms with E-state index in [1.165, 1.54) is 0 Å². The van der Waals surface area contributed by atoms with Crippen molar-refractivity contribution in [1.82, 2.24) is 9.78 Å². The van der Waals surface area contributed by atoms with Crippen LogP contribution >= 0.6 is 15.9 Å². The third-order valence-corrected chi connectivity index (χ3v) is 3.34. The molecule has 0 atom stereocenters. The van der Waals surface area contributed by atoms with Crippen LogP contribution in [0.1, 0.15) is 18.2 Å². The number of rotatable bonds is 3. The maximum absolute atomic E-state index is 9.12. The minimum atomic E-state index is 0.557. The number of hydrogen-bond donors (Lipinski definition) is 2. The quantitative estimate of drug-likeness (QED) is 0.911. The lowest BCUT2D eigenvalue weighted by Crippen LogP contribution is -2.02. The Kier molecular flexibility index (Phi) is 3.76. The minimum Gasteiger partial charge on any atom is -0.394 e. The zero-order chi connectivity index (χ0) is 14.0. The van der Waals surface area contributed by atoms with Crippen LogP contribution in [0.2, 0.25) is 0 Å². The van der Waals surface area contributed by atoms with Crippen molar-refractivity contribution in [1.29, 1.82) is 5.26 Å². The highest BCUT2D eigenvalue weighted by Gasteiger charge is 2.13. The highest BCUT2D eigenvalue weighted by Crippen LogP contribution is 2.29. The zero-order valence-electron chi connectivity index (χ0n) is 10.7. The van der Waals surface area contributed by atoms with Crippen molar-refractivity contribution in [3.8, 4) is 6.07 Å². The number of aromatic nitrogens is 2. The molecule has 98 valence electrons. The summed E-state index contributed by atoms with van der Waals surface area (Å²) in [6.45, 7) is 2.00. The van der Waals surface area contributed by atoms with Gasteiger partial charge in [-0.3, -0.25) is 4.68 Å². The topological polar surface area (TPSA) is 79.7 Å². The number of nitrogens with two attached hydrogens (primary N) is 1. The van der Waals surface area contributed by atoms with Crippen molar-refractivity contribution in [2.24, 2.45) is 7.05 Å². The molecule has 0 bridgehead atoms. The first-order valence-corrected chi connectivity index (χ1v) is 6.64. The summed E-state index contributed by atoms with van der Waals surface area (Å²) in [5.74, 6) is 0.700. The van der Waals surface area contributed by atoms with Gasteiger partial charge in [-0.1, -0.05) is 22.9 Å². The second kappa shape index (κ2) is 5.33. The average molecular weight is 320 g/mol. The number of hydrogen-bond acceptors (Lipinski definition) is 4. The SMILES string of the molecule is CCc1nn(C)c(Nc2cc(Br)ccc2C#N)c1N. The lowest BCUT2D eigenvalue weighted by atomic mass is 10.2. The Bertz CT molecular complexity index is 654. The van der Waals surface area contributed by atoms with Gasteiger partial charge in [0.25, 0.3) is 0 Å². The fourth-order valence-electron chi connectivity index (χ4n) is 1.85. The van der Waals surface area contributed by atoms with Gasteiger partial charge < -0.3 is 11.1 Å². The molecule has 19 heavy (non-hydrogen) atoms. The summed E-state index contributed by atoms with van der Waals surface area (Å²) >= 11 is 3.39. The van der Waals surface area contributed by atoms with Crippen molar-refractivity contribution in [3.05, 3.63) is 33.9 Å². The van der Waals surface area contributed by atoms with Crippen molar-refractivity contribution < 1.29 is 0 Å². The molecule has 0 unspecified atom stereocenters. The molecule has 2 rings (SSSR count). The highest BCUT2D eigenvalue weighted by atomic mass is 79.9. The number of nitrogen functional groups attached to an aromatic ring is 1. The van der Waals surface area contributed by atoms with Gasteiger partial charge in [0.05, 0.1) is 22.6 Å². The standard InChI is InChI=1S/C13H14BrN5/c1-3-10-12(16)13(19(2)18-10)17-11-6-9(14)5-4-8(11)7-15/h4-6,17H,3,16H2,1-2H3. The number of halogens is 1. The summed E-state index contributed by atoms with van der Waals surface area (Å²) in [7, 11) is 1.82. The first-order valence-electron chi connectivity index (χ1n) is 5.84. The van der Waals surface area contributed by atoms with Crippen molar-refractivity contribution >= 4 is 33.1 Å². The Labute approximate surface area is 120 Å². The van der Waals surface area contributed by atoms with Crippen LogP contribution in [0.25, 0.3) is 0 Å². The Balaban J connectivity index is 2.45. The first-order chi connectivity index (χ1) is 9.06. The van der Waals surface area contributed by atoms with E-state index in [1.54, 1.807) is 10.7 Å². The third-order valence-electron chi connectivity index (χ3n) is 2.85. The van der Waals surface area contributed by atoms with E-state index in [-0.39, 0.29) is 0 Å². The molecule has 0 aliphatic heterocycles. The van der Waals surface area contributed by atoms with Crippen LogP contribution in [0.4, 0.5) is 17.2 Å². The average Bonchev–Trinajstić information content (AvgIpc) is 2.66. The molecule has 3 N–H and O–H groups in total. The van der Waals surface area contributed by atoms with Gasteiger partial charge in [0.15, 0.2) is 5.82 Å². The predicted molar refractivity (Wildman–Crippen MR) is 79.1 cm³/mol. The molecule has 0 saturated carbocycles. The fraction of sp³-hybridized carbons (Fsp3) is 0.231. The monoisotopic (exact) mass is 319 g/mol. The van der Waals surface area contributed by atoms with E-state index >= 15 is 0 Å². The van der Waals surface area contributed by atoms with Crippen LogP contribution in [0.3, 0.4) is 0 Å². The Hall–Kier alpha value is -2.00. The molecule has 5 nitrogen and oxygen atoms in total. The summed E-state index contributed by atoms with van der Waals surface area (Å²) in [6.07, 6.45) is 0.769. The van der Waals surface area contributed by atoms with Gasteiger partial charge in [-0.2, -0.15) is 10.4 Å². The van der Waals surface area contributed by atoms with Gasteiger partial charge in [-0.25, -0.2) is 0 Å². The minimum absolute atomic E-state index is 0.557. The van der Waals surface area contributed by atoms with E-state index in [9.17, 15) is 0 Å². The molecule has 0 aliphatic rings. The Morgan fingerprint density at radius 2 is 2.26 bits per heavy atom. The molecule has 0 fully saturated rings. The maximum atomic E-state index is 9.12. The van der Waals surface area contributed by atoms with Gasteiger partial charge in [0.2, 0.25) is 0 Å². The lowest BCUT2D eigenvalue weighted by molar-refractivity contribution is 0.753. The molecule has 0 aliphatic carbocycles. The maximum Gasteiger partial charge on any atom is 0.152 e. The van der Waals surface area contributed by atoms with E-state index in [4.69, 9.17) is 11.0 Å². The van der Waals surface area contributed by atoms with Crippen molar-refractivity contribution in [2.45, 2.75) is 13.3 Å². The molecule has 0 radical (unpaired) electrons. The molecule has 0 spiro atoms. The second-order valence-corrected chi connectivity index (χ2v) is 5.03. The van der Waals surface area contributed by atoms with Gasteiger partial charge in [-0.15, -0.1) is 0 Å². The molecule has 2 aromatic rings. The molecular formula is C13H14BrN5.